The Kier molecular flexibility index (Phi) is 5.82. The summed E-state index contributed by atoms with van der Waals surface area (Å²) in [4.78, 5) is 53.4. The molecule has 1 atom stereocenters. The third-order valence-corrected chi connectivity index (χ3v) is 8.13. The molecule has 0 bridgehead atoms. The predicted octanol–water partition coefficient (Wildman–Crippen LogP) is 2.99. The summed E-state index contributed by atoms with van der Waals surface area (Å²) in [6, 6.07) is 5.73. The molecular formula is C23H24N6O3S2. The maximum atomic E-state index is 13.0. The number of H-pyrrole nitrogens is 1. The molecule has 1 unspecified atom stereocenters. The molecule has 1 aromatic carbocycles. The molecule has 11 heteroatoms. The minimum atomic E-state index is -0.149. The van der Waals surface area contributed by atoms with Crippen LogP contribution in [0.15, 0.2) is 29.3 Å². The predicted molar refractivity (Wildman–Crippen MR) is 135 cm³/mol. The van der Waals surface area contributed by atoms with Crippen LogP contribution in [0.4, 0.5) is 11.5 Å². The molecule has 34 heavy (non-hydrogen) atoms. The molecule has 2 amide bonds. The highest BCUT2D eigenvalue weighted by Gasteiger charge is 2.31. The molecule has 0 aliphatic heterocycles. The fraction of sp³-hybridized carbons (Fsp3) is 0.348. The van der Waals surface area contributed by atoms with Gasteiger partial charge in [0.2, 0.25) is 11.8 Å². The number of benzene rings is 1. The lowest BCUT2D eigenvalue weighted by Gasteiger charge is -2.27. The van der Waals surface area contributed by atoms with Crippen molar-refractivity contribution in [2.75, 3.05) is 33.0 Å². The van der Waals surface area contributed by atoms with Gasteiger partial charge in [0, 0.05) is 37.6 Å². The van der Waals surface area contributed by atoms with Crippen LogP contribution >= 0.6 is 22.7 Å². The number of likely N-dealkylation sites (N-methyl/N-ethyl adjacent to an activating group) is 2. The number of thiophene rings is 1. The number of aryl methyl sites for hydroxylation is 1. The number of amides is 2. The van der Waals surface area contributed by atoms with Gasteiger partial charge in [0.1, 0.15) is 17.0 Å². The molecular weight excluding hydrogens is 472 g/mol. The second kappa shape index (κ2) is 8.80. The van der Waals surface area contributed by atoms with Crippen LogP contribution in [0.5, 0.6) is 0 Å². The maximum Gasteiger partial charge on any atom is 0.305 e. The van der Waals surface area contributed by atoms with E-state index in [9.17, 15) is 14.4 Å². The number of carbonyl (C=O) groups excluding carboxylic acids is 2. The Morgan fingerprint density at radius 2 is 2.03 bits per heavy atom. The van der Waals surface area contributed by atoms with Crippen molar-refractivity contribution < 1.29 is 9.59 Å². The van der Waals surface area contributed by atoms with E-state index in [1.54, 1.807) is 38.8 Å². The van der Waals surface area contributed by atoms with E-state index >= 15 is 0 Å². The van der Waals surface area contributed by atoms with Gasteiger partial charge in [-0.05, 0) is 43.0 Å². The average molecular weight is 497 g/mol. The molecule has 0 fully saturated rings. The highest BCUT2D eigenvalue weighted by Crippen LogP contribution is 2.40. The third kappa shape index (κ3) is 4.16. The van der Waals surface area contributed by atoms with Crippen LogP contribution in [0, 0.1) is 5.92 Å². The number of fused-ring (bicyclic) bond motifs is 4. The lowest BCUT2D eigenvalue weighted by Crippen LogP contribution is -2.41. The topological polar surface area (TPSA) is 111 Å². The molecule has 3 heterocycles. The van der Waals surface area contributed by atoms with Crippen LogP contribution in [0.1, 0.15) is 16.9 Å². The van der Waals surface area contributed by atoms with E-state index in [1.165, 1.54) is 26.7 Å². The summed E-state index contributed by atoms with van der Waals surface area (Å²) in [6.07, 6.45) is 3.65. The number of thiazole rings is 1. The molecule has 176 valence electrons. The first-order chi connectivity index (χ1) is 16.3. The van der Waals surface area contributed by atoms with Crippen LogP contribution in [-0.4, -0.2) is 64.3 Å². The molecule has 4 aromatic rings. The molecule has 1 aliphatic carbocycles. The monoisotopic (exact) mass is 496 g/mol. The minimum Gasteiger partial charge on any atom is -0.347 e. The van der Waals surface area contributed by atoms with Gasteiger partial charge in [-0.15, -0.1) is 11.3 Å². The van der Waals surface area contributed by atoms with Crippen molar-refractivity contribution in [1.29, 1.82) is 0 Å². The highest BCUT2D eigenvalue weighted by molar-refractivity contribution is 7.19. The van der Waals surface area contributed by atoms with Gasteiger partial charge < -0.3 is 20.1 Å². The van der Waals surface area contributed by atoms with Crippen LogP contribution in [-0.2, 0) is 22.4 Å². The van der Waals surface area contributed by atoms with Gasteiger partial charge in [-0.25, -0.2) is 9.97 Å². The van der Waals surface area contributed by atoms with Gasteiger partial charge in [0.05, 0.1) is 22.1 Å². The van der Waals surface area contributed by atoms with Gasteiger partial charge >= 0.3 is 4.87 Å². The SMILES string of the molecule is CN(C)C(=O)CN(C)C(=O)C1CCc2c(sc3ncnc(Nc4ccc5[nH]c(=O)sc5c4)c23)C1. The van der Waals surface area contributed by atoms with Crippen molar-refractivity contribution in [3.05, 3.63) is 44.6 Å². The first-order valence-electron chi connectivity index (χ1n) is 10.9. The van der Waals surface area contributed by atoms with Crippen molar-refractivity contribution in [2.45, 2.75) is 19.3 Å². The van der Waals surface area contributed by atoms with E-state index in [0.29, 0.717) is 6.42 Å². The van der Waals surface area contributed by atoms with Crippen molar-refractivity contribution in [3.8, 4) is 0 Å². The molecule has 2 N–H and O–H groups in total. The molecule has 0 radical (unpaired) electrons. The third-order valence-electron chi connectivity index (χ3n) is 6.13. The molecule has 5 rings (SSSR count). The molecule has 0 spiro atoms. The first-order valence-corrected chi connectivity index (χ1v) is 12.5. The molecule has 3 aromatic heterocycles. The average Bonchev–Trinajstić information content (AvgIpc) is 3.37. The van der Waals surface area contributed by atoms with Gasteiger partial charge in [-0.1, -0.05) is 11.3 Å². The Morgan fingerprint density at radius 1 is 1.21 bits per heavy atom. The summed E-state index contributed by atoms with van der Waals surface area (Å²) in [6.45, 7) is 0.0847. The maximum absolute atomic E-state index is 13.0. The van der Waals surface area contributed by atoms with Crippen molar-refractivity contribution in [1.82, 2.24) is 24.8 Å². The second-order valence-corrected chi connectivity index (χ2v) is 10.8. The van der Waals surface area contributed by atoms with E-state index < -0.39 is 0 Å². The Balaban J connectivity index is 1.40. The number of hydrogen-bond donors (Lipinski definition) is 2. The van der Waals surface area contributed by atoms with Gasteiger partial charge in [0.15, 0.2) is 0 Å². The number of aromatic nitrogens is 3. The fourth-order valence-corrected chi connectivity index (χ4v) is 6.35. The molecule has 9 nitrogen and oxygen atoms in total. The Labute approximate surface area is 203 Å². The second-order valence-electron chi connectivity index (χ2n) is 8.68. The first kappa shape index (κ1) is 22.5. The number of nitrogens with one attached hydrogen (secondary N) is 2. The lowest BCUT2D eigenvalue weighted by molar-refractivity contribution is -0.140. The van der Waals surface area contributed by atoms with Gasteiger partial charge in [-0.3, -0.25) is 14.4 Å². The largest absolute Gasteiger partial charge is 0.347 e. The van der Waals surface area contributed by atoms with E-state index in [1.807, 2.05) is 18.2 Å². The zero-order valence-corrected chi connectivity index (χ0v) is 20.7. The highest BCUT2D eigenvalue weighted by atomic mass is 32.1. The number of aromatic amines is 1. The summed E-state index contributed by atoms with van der Waals surface area (Å²) < 4.78 is 0.880. The van der Waals surface area contributed by atoms with Crippen molar-refractivity contribution in [3.63, 3.8) is 0 Å². The fourth-order valence-electron chi connectivity index (χ4n) is 4.31. The summed E-state index contributed by atoms with van der Waals surface area (Å²) in [5.41, 5.74) is 2.85. The quantitative estimate of drug-likeness (QED) is 0.439. The Bertz CT molecular complexity index is 1470. The summed E-state index contributed by atoms with van der Waals surface area (Å²) in [5, 5.41) is 4.39. The summed E-state index contributed by atoms with van der Waals surface area (Å²) in [7, 11) is 5.07. The van der Waals surface area contributed by atoms with E-state index in [0.717, 1.165) is 49.7 Å². The molecule has 1 aliphatic rings. The molecule has 0 saturated heterocycles. The number of carbonyl (C=O) groups is 2. The van der Waals surface area contributed by atoms with Gasteiger partial charge in [-0.2, -0.15) is 0 Å². The van der Waals surface area contributed by atoms with E-state index in [-0.39, 0.29) is 29.1 Å². The van der Waals surface area contributed by atoms with Crippen molar-refractivity contribution >= 4 is 66.4 Å². The normalized spacial score (nSPS) is 15.3. The standard InChI is InChI=1S/C23H24N6O3S2/c1-28(2)18(30)10-29(3)22(31)12-4-6-14-16(8-12)33-21-19(14)20(24-11-25-21)26-13-5-7-15-17(9-13)34-23(32)27-15/h5,7,9,11-12H,4,6,8,10H2,1-3H3,(H,27,32)(H,24,25,26). The zero-order valence-electron chi connectivity index (χ0n) is 19.0. The van der Waals surface area contributed by atoms with Crippen LogP contribution in [0.25, 0.3) is 20.4 Å². The van der Waals surface area contributed by atoms with Crippen LogP contribution < -0.4 is 10.2 Å². The minimum absolute atomic E-state index is 0.00142. The number of rotatable bonds is 5. The smallest absolute Gasteiger partial charge is 0.305 e. The zero-order chi connectivity index (χ0) is 24.0. The number of hydrogen-bond acceptors (Lipinski definition) is 8. The number of nitrogens with zero attached hydrogens (tertiary/aromatic N) is 4. The summed E-state index contributed by atoms with van der Waals surface area (Å²) in [5.74, 6) is 0.485. The van der Waals surface area contributed by atoms with Crippen LogP contribution in [0.2, 0.25) is 0 Å². The molecule has 0 saturated carbocycles. The van der Waals surface area contributed by atoms with Crippen LogP contribution in [0.3, 0.4) is 0 Å². The Morgan fingerprint density at radius 3 is 2.82 bits per heavy atom. The van der Waals surface area contributed by atoms with E-state index in [4.69, 9.17) is 0 Å². The lowest BCUT2D eigenvalue weighted by atomic mass is 9.87. The van der Waals surface area contributed by atoms with Gasteiger partial charge in [0.25, 0.3) is 0 Å². The number of anilines is 2. The summed E-state index contributed by atoms with van der Waals surface area (Å²) >= 11 is 2.77. The Hall–Kier alpha value is -3.31. The van der Waals surface area contributed by atoms with Crippen molar-refractivity contribution in [2.24, 2.45) is 5.92 Å². The van der Waals surface area contributed by atoms with E-state index in [2.05, 4.69) is 20.3 Å².